The van der Waals surface area contributed by atoms with Gasteiger partial charge >= 0.3 is 0 Å². The van der Waals surface area contributed by atoms with Crippen molar-refractivity contribution >= 4 is 32.6 Å². The topological polar surface area (TPSA) is 34.9 Å². The van der Waals surface area contributed by atoms with E-state index in [1.54, 1.807) is 16.8 Å². The van der Waals surface area contributed by atoms with Gasteiger partial charge in [-0.2, -0.15) is 5.10 Å². The molecule has 0 atom stereocenters. The molecule has 3 nitrogen and oxygen atoms in total. The first-order valence-electron chi connectivity index (χ1n) is 6.45. The Kier molecular flexibility index (Phi) is 3.59. The van der Waals surface area contributed by atoms with Crippen LogP contribution in [0.15, 0.2) is 46.9 Å². The van der Waals surface area contributed by atoms with Crippen LogP contribution < -0.4 is 0 Å². The number of benzene rings is 2. The molecule has 1 heterocycles. The van der Waals surface area contributed by atoms with Crippen LogP contribution in [0.1, 0.15) is 16.1 Å². The van der Waals surface area contributed by atoms with E-state index in [-0.39, 0.29) is 18.0 Å². The predicted octanol–water partition coefficient (Wildman–Crippen LogP) is 3.90. The van der Waals surface area contributed by atoms with Crippen LogP contribution in [0.3, 0.4) is 0 Å². The second-order valence-corrected chi connectivity index (χ2v) is 5.69. The zero-order chi connectivity index (χ0) is 15.0. The van der Waals surface area contributed by atoms with E-state index in [4.69, 9.17) is 0 Å². The summed E-state index contributed by atoms with van der Waals surface area (Å²) < 4.78 is 15.3. The number of halogens is 2. The van der Waals surface area contributed by atoms with Crippen LogP contribution in [0.2, 0.25) is 0 Å². The minimum atomic E-state index is -0.338. The van der Waals surface area contributed by atoms with E-state index in [2.05, 4.69) is 21.0 Å². The number of aryl methyl sites for hydroxylation is 1. The monoisotopic (exact) mass is 346 g/mol. The summed E-state index contributed by atoms with van der Waals surface area (Å²) in [6.45, 7) is 0. The lowest BCUT2D eigenvalue weighted by Crippen LogP contribution is -2.06. The summed E-state index contributed by atoms with van der Waals surface area (Å²) in [6.07, 6.45) is 0.194. The van der Waals surface area contributed by atoms with Crippen LogP contribution in [-0.4, -0.2) is 15.6 Å². The first kappa shape index (κ1) is 13.9. The molecule has 0 unspecified atom stereocenters. The van der Waals surface area contributed by atoms with Crippen LogP contribution in [-0.2, 0) is 13.5 Å². The van der Waals surface area contributed by atoms with Crippen molar-refractivity contribution in [3.63, 3.8) is 0 Å². The van der Waals surface area contributed by atoms with Crippen molar-refractivity contribution in [3.05, 3.63) is 64.0 Å². The SMILES string of the molecule is Cn1nc(C(=O)Cc2ccc(F)c(Br)c2)c2ccccc21. The maximum absolute atomic E-state index is 13.2. The van der Waals surface area contributed by atoms with Crippen molar-refractivity contribution in [2.24, 2.45) is 7.05 Å². The molecular weight excluding hydrogens is 335 g/mol. The Balaban J connectivity index is 1.95. The molecule has 0 aliphatic rings. The molecule has 3 aromatic rings. The van der Waals surface area contributed by atoms with E-state index in [0.29, 0.717) is 10.2 Å². The molecule has 0 radical (unpaired) electrons. The van der Waals surface area contributed by atoms with Crippen molar-refractivity contribution in [2.45, 2.75) is 6.42 Å². The fraction of sp³-hybridized carbons (Fsp3) is 0.125. The third-order valence-electron chi connectivity index (χ3n) is 3.37. The Morgan fingerprint density at radius 2 is 2.05 bits per heavy atom. The van der Waals surface area contributed by atoms with Gasteiger partial charge in [0.25, 0.3) is 0 Å². The van der Waals surface area contributed by atoms with Gasteiger partial charge in [0, 0.05) is 18.9 Å². The van der Waals surface area contributed by atoms with Crippen molar-refractivity contribution in [1.29, 1.82) is 0 Å². The largest absolute Gasteiger partial charge is 0.292 e. The highest BCUT2D eigenvalue weighted by Crippen LogP contribution is 2.21. The summed E-state index contributed by atoms with van der Waals surface area (Å²) in [5.41, 5.74) is 2.12. The Hall–Kier alpha value is -2.01. The summed E-state index contributed by atoms with van der Waals surface area (Å²) in [4.78, 5) is 12.5. The van der Waals surface area contributed by atoms with Gasteiger partial charge in [0.1, 0.15) is 11.5 Å². The molecule has 1 aromatic heterocycles. The van der Waals surface area contributed by atoms with Gasteiger partial charge < -0.3 is 0 Å². The van der Waals surface area contributed by atoms with Crippen molar-refractivity contribution < 1.29 is 9.18 Å². The average molecular weight is 347 g/mol. The second kappa shape index (κ2) is 5.41. The van der Waals surface area contributed by atoms with E-state index in [0.717, 1.165) is 16.5 Å². The van der Waals surface area contributed by atoms with Gasteiger partial charge in [-0.05, 0) is 39.7 Å². The van der Waals surface area contributed by atoms with E-state index < -0.39 is 0 Å². The van der Waals surface area contributed by atoms with Gasteiger partial charge in [-0.25, -0.2) is 4.39 Å². The van der Waals surface area contributed by atoms with Crippen molar-refractivity contribution in [3.8, 4) is 0 Å². The smallest absolute Gasteiger partial charge is 0.188 e. The number of carbonyl (C=O) groups excluding carboxylic acids is 1. The number of Topliss-reactive ketones (excluding diaryl/α,β-unsaturated/α-hetero) is 1. The van der Waals surface area contributed by atoms with Crippen LogP contribution in [0, 0.1) is 5.82 Å². The molecule has 0 N–H and O–H groups in total. The number of nitrogens with zero attached hydrogens (tertiary/aromatic N) is 2. The summed E-state index contributed by atoms with van der Waals surface area (Å²) in [6, 6.07) is 12.2. The number of ketones is 1. The van der Waals surface area contributed by atoms with Crippen LogP contribution in [0.5, 0.6) is 0 Å². The van der Waals surface area contributed by atoms with Gasteiger partial charge in [0.05, 0.1) is 9.99 Å². The number of rotatable bonds is 3. The summed E-state index contributed by atoms with van der Waals surface area (Å²) in [7, 11) is 1.81. The lowest BCUT2D eigenvalue weighted by molar-refractivity contribution is 0.0989. The van der Waals surface area contributed by atoms with Crippen LogP contribution >= 0.6 is 15.9 Å². The average Bonchev–Trinajstić information content (AvgIpc) is 2.81. The van der Waals surface area contributed by atoms with Gasteiger partial charge in [0.2, 0.25) is 0 Å². The minimum absolute atomic E-state index is 0.0784. The molecule has 2 aromatic carbocycles. The van der Waals surface area contributed by atoms with Crippen molar-refractivity contribution in [1.82, 2.24) is 9.78 Å². The molecule has 0 fully saturated rings. The Bertz CT molecular complexity index is 841. The van der Waals surface area contributed by atoms with E-state index in [9.17, 15) is 9.18 Å². The molecule has 0 aliphatic heterocycles. The second-order valence-electron chi connectivity index (χ2n) is 4.84. The molecule has 0 aliphatic carbocycles. The first-order chi connectivity index (χ1) is 10.1. The first-order valence-corrected chi connectivity index (χ1v) is 7.24. The third kappa shape index (κ3) is 2.61. The molecule has 21 heavy (non-hydrogen) atoms. The quantitative estimate of drug-likeness (QED) is 0.674. The normalized spacial score (nSPS) is 11.0. The highest BCUT2D eigenvalue weighted by Gasteiger charge is 2.16. The van der Waals surface area contributed by atoms with E-state index in [1.165, 1.54) is 6.07 Å². The third-order valence-corrected chi connectivity index (χ3v) is 3.98. The minimum Gasteiger partial charge on any atom is -0.292 e. The molecule has 0 saturated heterocycles. The Morgan fingerprint density at radius 1 is 1.29 bits per heavy atom. The Morgan fingerprint density at radius 3 is 2.81 bits per heavy atom. The molecule has 3 rings (SSSR count). The molecule has 0 bridgehead atoms. The Labute approximate surface area is 129 Å². The van der Waals surface area contributed by atoms with Gasteiger partial charge in [0.15, 0.2) is 5.78 Å². The van der Waals surface area contributed by atoms with Gasteiger partial charge in [-0.3, -0.25) is 9.48 Å². The number of hydrogen-bond donors (Lipinski definition) is 0. The van der Waals surface area contributed by atoms with E-state index in [1.807, 2.05) is 31.3 Å². The molecule has 5 heteroatoms. The van der Waals surface area contributed by atoms with E-state index >= 15 is 0 Å². The highest BCUT2D eigenvalue weighted by molar-refractivity contribution is 9.10. The molecular formula is C16H12BrFN2O. The fourth-order valence-corrected chi connectivity index (χ4v) is 2.76. The van der Waals surface area contributed by atoms with Gasteiger partial charge in [-0.1, -0.05) is 24.3 Å². The number of carbonyl (C=O) groups is 1. The summed E-state index contributed by atoms with van der Waals surface area (Å²) in [5, 5.41) is 5.15. The molecule has 0 spiro atoms. The highest BCUT2D eigenvalue weighted by atomic mass is 79.9. The fourth-order valence-electron chi connectivity index (χ4n) is 2.34. The standard InChI is InChI=1S/C16H12BrFN2O/c1-20-14-5-3-2-4-11(14)16(19-20)15(21)9-10-6-7-13(18)12(17)8-10/h2-8H,9H2,1H3. The molecule has 106 valence electrons. The van der Waals surface area contributed by atoms with Crippen molar-refractivity contribution in [2.75, 3.05) is 0 Å². The van der Waals surface area contributed by atoms with Gasteiger partial charge in [-0.15, -0.1) is 0 Å². The number of aromatic nitrogens is 2. The summed E-state index contributed by atoms with van der Waals surface area (Å²) in [5.74, 6) is -0.417. The predicted molar refractivity (Wildman–Crippen MR) is 82.8 cm³/mol. The zero-order valence-electron chi connectivity index (χ0n) is 11.3. The molecule has 0 amide bonds. The maximum atomic E-state index is 13.2. The number of fused-ring (bicyclic) bond motifs is 1. The van der Waals surface area contributed by atoms with Crippen LogP contribution in [0.4, 0.5) is 4.39 Å². The lowest BCUT2D eigenvalue weighted by Gasteiger charge is -2.01. The lowest BCUT2D eigenvalue weighted by atomic mass is 10.0. The summed E-state index contributed by atoms with van der Waals surface area (Å²) >= 11 is 3.13. The maximum Gasteiger partial charge on any atom is 0.188 e. The molecule has 0 saturated carbocycles. The zero-order valence-corrected chi connectivity index (χ0v) is 12.9. The number of para-hydroxylation sites is 1. The number of hydrogen-bond acceptors (Lipinski definition) is 2. The van der Waals surface area contributed by atoms with Crippen LogP contribution in [0.25, 0.3) is 10.9 Å².